The fourth-order valence-corrected chi connectivity index (χ4v) is 3.08. The first-order valence-corrected chi connectivity index (χ1v) is 9.17. The van der Waals surface area contributed by atoms with Gasteiger partial charge in [0.2, 0.25) is 23.6 Å². The first-order chi connectivity index (χ1) is 13.0. The molecule has 1 saturated heterocycles. The van der Waals surface area contributed by atoms with E-state index in [9.17, 15) is 24.0 Å². The predicted molar refractivity (Wildman–Crippen MR) is 98.6 cm³/mol. The van der Waals surface area contributed by atoms with Crippen LogP contribution in [0.2, 0.25) is 0 Å². The number of amides is 4. The maximum absolute atomic E-state index is 12.9. The molecule has 1 aliphatic rings. The second-order valence-corrected chi connectivity index (χ2v) is 7.27. The number of nitrogens with two attached hydrogens (primary N) is 2. The van der Waals surface area contributed by atoms with Gasteiger partial charge in [-0.1, -0.05) is 13.8 Å². The molecule has 1 fully saturated rings. The molecule has 0 aromatic carbocycles. The van der Waals surface area contributed by atoms with Crippen molar-refractivity contribution in [3.8, 4) is 0 Å². The summed E-state index contributed by atoms with van der Waals surface area (Å²) >= 11 is 0. The first kappa shape index (κ1) is 23.3. The summed E-state index contributed by atoms with van der Waals surface area (Å²) in [5, 5.41) is 13.4. The van der Waals surface area contributed by atoms with Gasteiger partial charge in [-0.25, -0.2) is 0 Å². The molecule has 0 saturated carbocycles. The number of hydrogen-bond acceptors (Lipinski definition) is 6. The lowest BCUT2D eigenvalue weighted by Crippen LogP contribution is -2.56. The van der Waals surface area contributed by atoms with Crippen LogP contribution in [0.15, 0.2) is 0 Å². The molecule has 3 unspecified atom stereocenters. The number of rotatable bonds is 10. The number of primary amides is 1. The molecule has 0 bridgehead atoms. The molecular formula is C17H29N5O6. The Bertz CT molecular complexity index is 623. The average molecular weight is 399 g/mol. The zero-order valence-electron chi connectivity index (χ0n) is 16.1. The maximum atomic E-state index is 12.9. The van der Waals surface area contributed by atoms with Crippen molar-refractivity contribution in [3.05, 3.63) is 0 Å². The number of hydrogen-bond donors (Lipinski definition) is 5. The third kappa shape index (κ3) is 7.14. The fourth-order valence-electron chi connectivity index (χ4n) is 3.08. The van der Waals surface area contributed by atoms with Gasteiger partial charge in [0.1, 0.15) is 18.6 Å². The van der Waals surface area contributed by atoms with Gasteiger partial charge in [0.05, 0.1) is 12.5 Å². The molecule has 158 valence electrons. The number of carbonyl (C=O) groups excluding carboxylic acids is 4. The van der Waals surface area contributed by atoms with Crippen molar-refractivity contribution in [3.63, 3.8) is 0 Å². The molecular weight excluding hydrogens is 370 g/mol. The largest absolute Gasteiger partial charge is 0.480 e. The molecule has 0 aromatic heterocycles. The van der Waals surface area contributed by atoms with Gasteiger partial charge in [-0.2, -0.15) is 0 Å². The Morgan fingerprint density at radius 3 is 2.39 bits per heavy atom. The van der Waals surface area contributed by atoms with Gasteiger partial charge in [-0.15, -0.1) is 0 Å². The van der Waals surface area contributed by atoms with Gasteiger partial charge < -0.3 is 32.1 Å². The van der Waals surface area contributed by atoms with E-state index in [1.54, 1.807) is 0 Å². The van der Waals surface area contributed by atoms with Crippen molar-refractivity contribution in [2.24, 2.45) is 17.4 Å². The molecule has 11 nitrogen and oxygen atoms in total. The van der Waals surface area contributed by atoms with Crippen molar-refractivity contribution in [1.29, 1.82) is 0 Å². The smallest absolute Gasteiger partial charge is 0.322 e. The molecule has 0 aromatic rings. The van der Waals surface area contributed by atoms with E-state index in [1.165, 1.54) is 4.90 Å². The van der Waals surface area contributed by atoms with E-state index in [4.69, 9.17) is 16.6 Å². The van der Waals surface area contributed by atoms with Crippen molar-refractivity contribution in [1.82, 2.24) is 15.5 Å². The third-order valence-corrected chi connectivity index (χ3v) is 4.33. The molecule has 11 heteroatoms. The zero-order valence-corrected chi connectivity index (χ0v) is 16.1. The summed E-state index contributed by atoms with van der Waals surface area (Å²) in [6.45, 7) is 3.46. The lowest BCUT2D eigenvalue weighted by molar-refractivity contribution is -0.143. The monoisotopic (exact) mass is 399 g/mol. The highest BCUT2D eigenvalue weighted by atomic mass is 16.4. The van der Waals surface area contributed by atoms with E-state index in [-0.39, 0.29) is 12.5 Å². The molecule has 1 heterocycles. The second kappa shape index (κ2) is 10.6. The molecule has 7 N–H and O–H groups in total. The van der Waals surface area contributed by atoms with E-state index in [1.807, 2.05) is 13.8 Å². The Balaban J connectivity index is 2.87. The van der Waals surface area contributed by atoms with Crippen LogP contribution in [0.5, 0.6) is 0 Å². The molecule has 4 amide bonds. The van der Waals surface area contributed by atoms with Gasteiger partial charge in [-0.05, 0) is 25.2 Å². The fraction of sp³-hybridized carbons (Fsp3) is 0.706. The number of carboxylic acid groups (broad SMARTS) is 1. The van der Waals surface area contributed by atoms with E-state index >= 15 is 0 Å². The number of aliphatic carboxylic acids is 1. The van der Waals surface area contributed by atoms with Crippen LogP contribution in [-0.2, 0) is 24.0 Å². The lowest BCUT2D eigenvalue weighted by atomic mass is 10.0. The average Bonchev–Trinajstić information content (AvgIpc) is 3.06. The SMILES string of the molecule is CC(C)CC(N)C(=O)NC(CC(N)=O)C(=O)N1CCCC1C(=O)NCC(=O)O. The van der Waals surface area contributed by atoms with Gasteiger partial charge in [0, 0.05) is 6.54 Å². The van der Waals surface area contributed by atoms with Crippen molar-refractivity contribution in [2.45, 2.75) is 57.7 Å². The predicted octanol–water partition coefficient (Wildman–Crippen LogP) is -2.09. The van der Waals surface area contributed by atoms with Crippen LogP contribution in [0.4, 0.5) is 0 Å². The number of likely N-dealkylation sites (tertiary alicyclic amines) is 1. The molecule has 0 radical (unpaired) electrons. The summed E-state index contributed by atoms with van der Waals surface area (Å²) in [5.41, 5.74) is 11.0. The zero-order chi connectivity index (χ0) is 21.4. The topological polar surface area (TPSA) is 185 Å². The highest BCUT2D eigenvalue weighted by molar-refractivity contribution is 5.96. The first-order valence-electron chi connectivity index (χ1n) is 9.17. The van der Waals surface area contributed by atoms with Crippen molar-refractivity contribution >= 4 is 29.6 Å². The molecule has 0 spiro atoms. The Labute approximate surface area is 163 Å². The minimum atomic E-state index is -1.24. The molecule has 28 heavy (non-hydrogen) atoms. The summed E-state index contributed by atoms with van der Waals surface area (Å²) in [7, 11) is 0. The van der Waals surface area contributed by atoms with Gasteiger partial charge in [-0.3, -0.25) is 24.0 Å². The van der Waals surface area contributed by atoms with E-state index in [0.717, 1.165) is 0 Å². The van der Waals surface area contributed by atoms with E-state index in [2.05, 4.69) is 10.6 Å². The van der Waals surface area contributed by atoms with Gasteiger partial charge in [0.15, 0.2) is 0 Å². The summed E-state index contributed by atoms with van der Waals surface area (Å²) in [4.78, 5) is 60.6. The minimum absolute atomic E-state index is 0.159. The normalized spacial score (nSPS) is 18.4. The quantitative estimate of drug-likeness (QED) is 0.279. The number of carboxylic acids is 1. The van der Waals surface area contributed by atoms with Crippen LogP contribution >= 0.6 is 0 Å². The molecule has 1 rings (SSSR count). The number of carbonyl (C=O) groups is 5. The van der Waals surface area contributed by atoms with Crippen LogP contribution < -0.4 is 22.1 Å². The van der Waals surface area contributed by atoms with E-state index < -0.39 is 60.7 Å². The summed E-state index contributed by atoms with van der Waals surface area (Å²) in [6, 6.07) is -2.96. The molecule has 3 atom stereocenters. The van der Waals surface area contributed by atoms with Gasteiger partial charge >= 0.3 is 5.97 Å². The number of nitrogens with one attached hydrogen (secondary N) is 2. The van der Waals surface area contributed by atoms with Crippen LogP contribution in [0.25, 0.3) is 0 Å². The van der Waals surface area contributed by atoms with Gasteiger partial charge in [0.25, 0.3) is 0 Å². The van der Waals surface area contributed by atoms with Crippen LogP contribution in [0.1, 0.15) is 39.5 Å². The second-order valence-electron chi connectivity index (χ2n) is 7.27. The van der Waals surface area contributed by atoms with Crippen LogP contribution in [0, 0.1) is 5.92 Å². The Morgan fingerprint density at radius 2 is 1.86 bits per heavy atom. The molecule has 1 aliphatic heterocycles. The van der Waals surface area contributed by atoms with Crippen molar-refractivity contribution in [2.75, 3.05) is 13.1 Å². The minimum Gasteiger partial charge on any atom is -0.480 e. The Morgan fingerprint density at radius 1 is 1.21 bits per heavy atom. The maximum Gasteiger partial charge on any atom is 0.322 e. The van der Waals surface area contributed by atoms with Crippen LogP contribution in [0.3, 0.4) is 0 Å². The summed E-state index contributed by atoms with van der Waals surface area (Å²) in [6.07, 6.45) is 0.842. The Kier molecular flexibility index (Phi) is 8.83. The standard InChI is InChI=1S/C17H29N5O6/c1-9(2)6-10(18)15(26)21-11(7-13(19)23)17(28)22-5-3-4-12(22)16(27)20-8-14(24)25/h9-12H,3-8,18H2,1-2H3,(H2,19,23)(H,20,27)(H,21,26)(H,24,25). The lowest BCUT2D eigenvalue weighted by Gasteiger charge is -2.29. The van der Waals surface area contributed by atoms with E-state index in [0.29, 0.717) is 19.3 Å². The summed E-state index contributed by atoms with van der Waals surface area (Å²) in [5.74, 6) is -3.65. The van der Waals surface area contributed by atoms with Crippen LogP contribution in [-0.4, -0.2) is 70.8 Å². The third-order valence-electron chi connectivity index (χ3n) is 4.33. The highest BCUT2D eigenvalue weighted by Crippen LogP contribution is 2.19. The molecule has 0 aliphatic carbocycles. The highest BCUT2D eigenvalue weighted by Gasteiger charge is 2.38. The summed E-state index contributed by atoms with van der Waals surface area (Å²) < 4.78 is 0. The number of nitrogens with zero attached hydrogens (tertiary/aromatic N) is 1. The van der Waals surface area contributed by atoms with Crippen molar-refractivity contribution < 1.29 is 29.1 Å². The Hall–Kier alpha value is -2.69.